The molecule has 0 aromatic carbocycles. The summed E-state index contributed by atoms with van der Waals surface area (Å²) in [5.74, 6) is 1.67. The van der Waals surface area contributed by atoms with Gasteiger partial charge in [-0.15, -0.1) is 11.3 Å². The van der Waals surface area contributed by atoms with E-state index in [0.717, 1.165) is 18.7 Å². The van der Waals surface area contributed by atoms with E-state index in [1.165, 1.54) is 4.88 Å². The molecule has 118 valence electrons. The lowest BCUT2D eigenvalue weighted by Crippen LogP contribution is -2.42. The lowest BCUT2D eigenvalue weighted by Gasteiger charge is -2.31. The molecule has 3 heterocycles. The van der Waals surface area contributed by atoms with Crippen LogP contribution in [0.1, 0.15) is 36.0 Å². The summed E-state index contributed by atoms with van der Waals surface area (Å²) in [4.78, 5) is 19.9. The summed E-state index contributed by atoms with van der Waals surface area (Å²) < 4.78 is 5.72. The number of H-pyrrole nitrogens is 1. The third-order valence-electron chi connectivity index (χ3n) is 3.76. The average molecular weight is 320 g/mol. The largest absolute Gasteiger partial charge is 0.366 e. The SMILES string of the molecule is CCc1nc([C@@H]2CN(C(=O)CCc3cccs3)CCO2)n[nH]1. The number of rotatable bonds is 5. The summed E-state index contributed by atoms with van der Waals surface area (Å²) in [5, 5.41) is 9.13. The number of hydrogen-bond donors (Lipinski definition) is 1. The van der Waals surface area contributed by atoms with Gasteiger partial charge in [0.25, 0.3) is 0 Å². The number of nitrogens with zero attached hydrogens (tertiary/aromatic N) is 3. The van der Waals surface area contributed by atoms with Gasteiger partial charge in [0.05, 0.1) is 13.2 Å². The zero-order chi connectivity index (χ0) is 15.4. The van der Waals surface area contributed by atoms with Crippen molar-refractivity contribution in [1.29, 1.82) is 0 Å². The minimum Gasteiger partial charge on any atom is -0.366 e. The predicted octanol–water partition coefficient (Wildman–Crippen LogP) is 1.96. The summed E-state index contributed by atoms with van der Waals surface area (Å²) >= 11 is 1.69. The van der Waals surface area contributed by atoms with Crippen molar-refractivity contribution in [3.8, 4) is 0 Å². The predicted molar refractivity (Wildman–Crippen MR) is 83.7 cm³/mol. The van der Waals surface area contributed by atoms with Crippen molar-refractivity contribution < 1.29 is 9.53 Å². The Labute approximate surface area is 133 Å². The van der Waals surface area contributed by atoms with Gasteiger partial charge in [-0.25, -0.2) is 4.98 Å². The first-order valence-electron chi connectivity index (χ1n) is 7.59. The van der Waals surface area contributed by atoms with Crippen LogP contribution < -0.4 is 0 Å². The van der Waals surface area contributed by atoms with Crippen molar-refractivity contribution >= 4 is 17.2 Å². The van der Waals surface area contributed by atoms with Crippen molar-refractivity contribution in [3.63, 3.8) is 0 Å². The third kappa shape index (κ3) is 3.53. The maximum absolute atomic E-state index is 12.4. The average Bonchev–Trinajstić information content (AvgIpc) is 3.24. The summed E-state index contributed by atoms with van der Waals surface area (Å²) in [6.45, 7) is 3.73. The van der Waals surface area contributed by atoms with Crippen LogP contribution >= 0.6 is 11.3 Å². The smallest absolute Gasteiger partial charge is 0.223 e. The molecule has 0 bridgehead atoms. The molecule has 1 saturated heterocycles. The maximum atomic E-state index is 12.4. The van der Waals surface area contributed by atoms with Gasteiger partial charge in [0.15, 0.2) is 5.82 Å². The Hall–Kier alpha value is -1.73. The number of aromatic nitrogens is 3. The summed E-state index contributed by atoms with van der Waals surface area (Å²) in [6, 6.07) is 4.09. The Morgan fingerprint density at radius 3 is 3.23 bits per heavy atom. The molecule has 0 radical (unpaired) electrons. The van der Waals surface area contributed by atoms with Crippen LogP contribution in [0.15, 0.2) is 17.5 Å². The zero-order valence-electron chi connectivity index (χ0n) is 12.6. The molecule has 3 rings (SSSR count). The van der Waals surface area contributed by atoms with E-state index in [-0.39, 0.29) is 12.0 Å². The van der Waals surface area contributed by atoms with Crippen LogP contribution in [-0.2, 0) is 22.4 Å². The standard InChI is InChI=1S/C15H20N4O2S/c1-2-13-16-15(18-17-13)12-10-19(7-8-21-12)14(20)6-5-11-4-3-9-22-11/h3-4,9,12H,2,5-8,10H2,1H3,(H,16,17,18)/t12-/m0/s1. The highest BCUT2D eigenvalue weighted by molar-refractivity contribution is 7.09. The minimum atomic E-state index is -0.226. The number of morpholine rings is 1. The van der Waals surface area contributed by atoms with Crippen molar-refractivity contribution in [2.75, 3.05) is 19.7 Å². The molecule has 1 atom stereocenters. The third-order valence-corrected chi connectivity index (χ3v) is 4.69. The molecule has 7 heteroatoms. The molecule has 1 fully saturated rings. The number of ether oxygens (including phenoxy) is 1. The second kappa shape index (κ2) is 7.02. The number of amides is 1. The summed E-state index contributed by atoms with van der Waals surface area (Å²) in [7, 11) is 0. The number of aromatic amines is 1. The molecule has 22 heavy (non-hydrogen) atoms. The van der Waals surface area contributed by atoms with Crippen molar-refractivity contribution in [3.05, 3.63) is 34.0 Å². The maximum Gasteiger partial charge on any atom is 0.223 e. The highest BCUT2D eigenvalue weighted by atomic mass is 32.1. The minimum absolute atomic E-state index is 0.174. The molecule has 0 spiro atoms. The van der Waals surface area contributed by atoms with E-state index in [9.17, 15) is 4.79 Å². The first-order valence-corrected chi connectivity index (χ1v) is 8.47. The quantitative estimate of drug-likeness (QED) is 0.914. The van der Waals surface area contributed by atoms with Gasteiger partial charge in [0, 0.05) is 24.3 Å². The number of aryl methyl sites for hydroxylation is 2. The second-order valence-electron chi connectivity index (χ2n) is 5.27. The second-order valence-corrected chi connectivity index (χ2v) is 6.30. The van der Waals surface area contributed by atoms with Crippen LogP contribution in [0.2, 0.25) is 0 Å². The molecule has 2 aromatic rings. The van der Waals surface area contributed by atoms with E-state index in [4.69, 9.17) is 4.74 Å². The number of hydrogen-bond acceptors (Lipinski definition) is 5. The molecule has 0 aliphatic carbocycles. The van der Waals surface area contributed by atoms with Gasteiger partial charge >= 0.3 is 0 Å². The summed E-state index contributed by atoms with van der Waals surface area (Å²) in [6.07, 6.45) is 1.93. The van der Waals surface area contributed by atoms with Gasteiger partial charge in [0.2, 0.25) is 5.91 Å². The molecule has 1 N–H and O–H groups in total. The lowest BCUT2D eigenvalue weighted by molar-refractivity contribution is -0.139. The van der Waals surface area contributed by atoms with E-state index in [0.29, 0.717) is 31.9 Å². The van der Waals surface area contributed by atoms with E-state index in [1.54, 1.807) is 11.3 Å². The van der Waals surface area contributed by atoms with Gasteiger partial charge < -0.3 is 9.64 Å². The van der Waals surface area contributed by atoms with Crippen molar-refractivity contribution in [2.45, 2.75) is 32.3 Å². The molecule has 6 nitrogen and oxygen atoms in total. The van der Waals surface area contributed by atoms with Crippen molar-refractivity contribution in [1.82, 2.24) is 20.1 Å². The molecule has 2 aromatic heterocycles. The molecule has 1 aliphatic heterocycles. The summed E-state index contributed by atoms with van der Waals surface area (Å²) in [5.41, 5.74) is 0. The van der Waals surface area contributed by atoms with E-state index >= 15 is 0 Å². The Bertz CT molecular complexity index is 611. The first-order chi connectivity index (χ1) is 10.8. The first kappa shape index (κ1) is 15.2. The molecular weight excluding hydrogens is 300 g/mol. The Morgan fingerprint density at radius 1 is 1.59 bits per heavy atom. The van der Waals surface area contributed by atoms with Crippen molar-refractivity contribution in [2.24, 2.45) is 0 Å². The fraction of sp³-hybridized carbons (Fsp3) is 0.533. The van der Waals surface area contributed by atoms with Crippen LogP contribution in [-0.4, -0.2) is 45.7 Å². The number of thiophene rings is 1. The highest BCUT2D eigenvalue weighted by Gasteiger charge is 2.27. The normalized spacial score (nSPS) is 18.6. The molecular formula is C15H20N4O2S. The van der Waals surface area contributed by atoms with E-state index in [2.05, 4.69) is 21.2 Å². The van der Waals surface area contributed by atoms with Gasteiger partial charge in [-0.3, -0.25) is 9.89 Å². The van der Waals surface area contributed by atoms with Crippen LogP contribution in [0, 0.1) is 0 Å². The number of carbonyl (C=O) groups is 1. The van der Waals surface area contributed by atoms with E-state index < -0.39 is 0 Å². The van der Waals surface area contributed by atoms with E-state index in [1.807, 2.05) is 23.3 Å². The Morgan fingerprint density at radius 2 is 2.50 bits per heavy atom. The fourth-order valence-corrected chi connectivity index (χ4v) is 3.20. The Balaban J connectivity index is 1.56. The molecule has 1 aliphatic rings. The fourth-order valence-electron chi connectivity index (χ4n) is 2.49. The van der Waals surface area contributed by atoms with Crippen LogP contribution in [0.25, 0.3) is 0 Å². The van der Waals surface area contributed by atoms with Gasteiger partial charge in [-0.05, 0) is 17.9 Å². The van der Waals surface area contributed by atoms with Crippen LogP contribution in [0.5, 0.6) is 0 Å². The molecule has 1 amide bonds. The van der Waals surface area contributed by atoms with Crippen LogP contribution in [0.3, 0.4) is 0 Å². The van der Waals surface area contributed by atoms with Gasteiger partial charge in [-0.2, -0.15) is 5.10 Å². The molecule has 0 saturated carbocycles. The Kier molecular flexibility index (Phi) is 4.84. The van der Waals surface area contributed by atoms with Gasteiger partial charge in [-0.1, -0.05) is 13.0 Å². The number of carbonyl (C=O) groups excluding carboxylic acids is 1. The zero-order valence-corrected chi connectivity index (χ0v) is 13.4. The highest BCUT2D eigenvalue weighted by Crippen LogP contribution is 2.20. The topological polar surface area (TPSA) is 71.1 Å². The monoisotopic (exact) mass is 320 g/mol. The van der Waals surface area contributed by atoms with Gasteiger partial charge in [0.1, 0.15) is 11.9 Å². The lowest BCUT2D eigenvalue weighted by atomic mass is 10.2. The number of nitrogens with one attached hydrogen (secondary N) is 1. The van der Waals surface area contributed by atoms with Crippen LogP contribution in [0.4, 0.5) is 0 Å². The molecule has 0 unspecified atom stereocenters.